The molecule has 0 bridgehead atoms. The Kier molecular flexibility index (Phi) is 4.51. The lowest BCUT2D eigenvalue weighted by atomic mass is 9.90. The van der Waals surface area contributed by atoms with Crippen LogP contribution in [0, 0.1) is 20.8 Å². The van der Waals surface area contributed by atoms with Crippen molar-refractivity contribution in [3.63, 3.8) is 0 Å². The molecule has 3 heteroatoms. The van der Waals surface area contributed by atoms with Crippen LogP contribution in [0.2, 0.25) is 0 Å². The van der Waals surface area contributed by atoms with Gasteiger partial charge in [0.15, 0.2) is 0 Å². The van der Waals surface area contributed by atoms with Crippen molar-refractivity contribution in [2.24, 2.45) is 0 Å². The third-order valence-corrected chi connectivity index (χ3v) is 4.91. The van der Waals surface area contributed by atoms with Gasteiger partial charge in [-0.15, -0.1) is 0 Å². The van der Waals surface area contributed by atoms with Crippen LogP contribution < -0.4 is 0 Å². The maximum absolute atomic E-state index is 15.1. The molecule has 3 aromatic rings. The quantitative estimate of drug-likeness (QED) is 0.566. The number of rotatable bonds is 4. The van der Waals surface area contributed by atoms with Crippen molar-refractivity contribution in [3.05, 3.63) is 71.0 Å². The van der Waals surface area contributed by atoms with Crippen LogP contribution in [-0.2, 0) is 5.67 Å². The molecule has 1 atom stereocenters. The molecule has 0 saturated heterocycles. The summed E-state index contributed by atoms with van der Waals surface area (Å²) in [5, 5.41) is 0. The molecule has 2 aromatic carbocycles. The molecule has 1 aromatic heterocycles. The fraction of sp³-hybridized carbons (Fsp3) is 0.318. The van der Waals surface area contributed by atoms with Gasteiger partial charge in [0, 0.05) is 18.0 Å². The minimum atomic E-state index is -1.38. The average molecular weight is 336 g/mol. The second-order valence-electron chi connectivity index (χ2n) is 6.96. The Morgan fingerprint density at radius 3 is 2.36 bits per heavy atom. The Morgan fingerprint density at radius 2 is 1.72 bits per heavy atom. The number of nitrogens with zero attached hydrogens (tertiary/aromatic N) is 2. The van der Waals surface area contributed by atoms with E-state index in [2.05, 4.69) is 42.5 Å². The Bertz CT molecular complexity index is 883. The molecule has 0 amide bonds. The summed E-state index contributed by atoms with van der Waals surface area (Å²) >= 11 is 0. The van der Waals surface area contributed by atoms with Gasteiger partial charge in [0.25, 0.3) is 0 Å². The van der Waals surface area contributed by atoms with Gasteiger partial charge in [-0.25, -0.2) is 9.37 Å². The van der Waals surface area contributed by atoms with Crippen molar-refractivity contribution in [1.29, 1.82) is 0 Å². The standard InChI is InChI=1S/C22H25FN2/c1-6-22(5,23)19-10-8-7-9-18(19)21-24-11-12-25(21)20-16(3)13-15(2)14-17(20)4/h7-14H,6H2,1-5H3. The highest BCUT2D eigenvalue weighted by Crippen LogP contribution is 2.37. The third kappa shape index (κ3) is 3.11. The summed E-state index contributed by atoms with van der Waals surface area (Å²) in [5.41, 5.74) is 4.88. The summed E-state index contributed by atoms with van der Waals surface area (Å²) in [5.74, 6) is 0.781. The molecular formula is C22H25FN2. The molecule has 1 heterocycles. The zero-order valence-corrected chi connectivity index (χ0v) is 15.6. The first-order chi connectivity index (χ1) is 11.8. The SMILES string of the molecule is CCC(C)(F)c1ccccc1-c1nccn1-c1c(C)cc(C)cc1C. The topological polar surface area (TPSA) is 17.8 Å². The highest BCUT2D eigenvalue weighted by molar-refractivity contribution is 5.66. The maximum Gasteiger partial charge on any atom is 0.144 e. The molecule has 25 heavy (non-hydrogen) atoms. The van der Waals surface area contributed by atoms with E-state index in [0.717, 1.165) is 17.1 Å². The van der Waals surface area contributed by atoms with Gasteiger partial charge in [0.05, 0.1) is 5.69 Å². The molecule has 0 aliphatic heterocycles. The van der Waals surface area contributed by atoms with E-state index in [4.69, 9.17) is 0 Å². The Hall–Kier alpha value is -2.42. The smallest absolute Gasteiger partial charge is 0.144 e. The van der Waals surface area contributed by atoms with Crippen LogP contribution >= 0.6 is 0 Å². The molecule has 0 spiro atoms. The molecule has 130 valence electrons. The lowest BCUT2D eigenvalue weighted by Crippen LogP contribution is -2.16. The number of hydrogen-bond donors (Lipinski definition) is 0. The van der Waals surface area contributed by atoms with Crippen molar-refractivity contribution in [2.45, 2.75) is 46.7 Å². The van der Waals surface area contributed by atoms with Crippen LogP contribution in [0.25, 0.3) is 17.1 Å². The number of halogens is 1. The van der Waals surface area contributed by atoms with Crippen LogP contribution in [0.5, 0.6) is 0 Å². The predicted molar refractivity (Wildman–Crippen MR) is 102 cm³/mol. The monoisotopic (exact) mass is 336 g/mol. The summed E-state index contributed by atoms with van der Waals surface area (Å²) in [6, 6.07) is 12.0. The lowest BCUT2D eigenvalue weighted by Gasteiger charge is -2.23. The second kappa shape index (κ2) is 6.47. The van der Waals surface area contributed by atoms with Gasteiger partial charge >= 0.3 is 0 Å². The number of aryl methyl sites for hydroxylation is 3. The zero-order valence-electron chi connectivity index (χ0n) is 15.6. The van der Waals surface area contributed by atoms with E-state index in [-0.39, 0.29) is 0 Å². The molecular weight excluding hydrogens is 311 g/mol. The Morgan fingerprint density at radius 1 is 1.08 bits per heavy atom. The molecule has 3 rings (SSSR count). The van der Waals surface area contributed by atoms with Crippen molar-refractivity contribution in [1.82, 2.24) is 9.55 Å². The molecule has 0 aliphatic carbocycles. The first kappa shape index (κ1) is 17.4. The van der Waals surface area contributed by atoms with Gasteiger partial charge in [0.1, 0.15) is 11.5 Å². The first-order valence-electron chi connectivity index (χ1n) is 8.75. The van der Waals surface area contributed by atoms with Gasteiger partial charge in [-0.2, -0.15) is 0 Å². The Labute approximate surface area is 149 Å². The summed E-state index contributed by atoms with van der Waals surface area (Å²) in [7, 11) is 0. The number of imidazole rings is 1. The highest BCUT2D eigenvalue weighted by Gasteiger charge is 2.28. The first-order valence-corrected chi connectivity index (χ1v) is 8.75. The lowest BCUT2D eigenvalue weighted by molar-refractivity contribution is 0.186. The summed E-state index contributed by atoms with van der Waals surface area (Å²) in [6.07, 6.45) is 4.16. The molecule has 1 unspecified atom stereocenters. The zero-order chi connectivity index (χ0) is 18.2. The fourth-order valence-corrected chi connectivity index (χ4v) is 3.56. The van der Waals surface area contributed by atoms with Gasteiger partial charge in [-0.1, -0.05) is 48.9 Å². The molecule has 0 fully saturated rings. The van der Waals surface area contributed by atoms with E-state index in [9.17, 15) is 0 Å². The summed E-state index contributed by atoms with van der Waals surface area (Å²) in [6.45, 7) is 9.83. The van der Waals surface area contributed by atoms with Crippen LogP contribution in [0.1, 0.15) is 42.5 Å². The molecule has 0 radical (unpaired) electrons. The number of aromatic nitrogens is 2. The average Bonchev–Trinajstić information content (AvgIpc) is 3.03. The van der Waals surface area contributed by atoms with Gasteiger partial charge in [-0.05, 0) is 50.8 Å². The second-order valence-corrected chi connectivity index (χ2v) is 6.96. The van der Waals surface area contributed by atoms with E-state index < -0.39 is 5.67 Å². The minimum absolute atomic E-state index is 0.424. The van der Waals surface area contributed by atoms with E-state index in [0.29, 0.717) is 12.0 Å². The third-order valence-electron chi connectivity index (χ3n) is 4.91. The van der Waals surface area contributed by atoms with Gasteiger partial charge in [0.2, 0.25) is 0 Å². The largest absolute Gasteiger partial charge is 0.299 e. The maximum atomic E-state index is 15.1. The highest BCUT2D eigenvalue weighted by atomic mass is 19.1. The van der Waals surface area contributed by atoms with Crippen LogP contribution in [0.15, 0.2) is 48.8 Å². The van der Waals surface area contributed by atoms with Crippen molar-refractivity contribution < 1.29 is 4.39 Å². The summed E-state index contributed by atoms with van der Waals surface area (Å²) < 4.78 is 17.2. The van der Waals surface area contributed by atoms with Crippen LogP contribution in [0.4, 0.5) is 4.39 Å². The molecule has 2 nitrogen and oxygen atoms in total. The van der Waals surface area contributed by atoms with Crippen molar-refractivity contribution >= 4 is 0 Å². The van der Waals surface area contributed by atoms with E-state index in [1.54, 1.807) is 13.1 Å². The van der Waals surface area contributed by atoms with Crippen molar-refractivity contribution in [2.75, 3.05) is 0 Å². The van der Waals surface area contributed by atoms with Gasteiger partial charge < -0.3 is 0 Å². The van der Waals surface area contributed by atoms with Crippen LogP contribution in [-0.4, -0.2) is 9.55 Å². The van der Waals surface area contributed by atoms with Crippen molar-refractivity contribution in [3.8, 4) is 17.1 Å². The normalized spacial score (nSPS) is 13.7. The number of benzene rings is 2. The van der Waals surface area contributed by atoms with E-state index >= 15 is 4.39 Å². The van der Waals surface area contributed by atoms with E-state index in [1.807, 2.05) is 37.4 Å². The number of alkyl halides is 1. The minimum Gasteiger partial charge on any atom is -0.299 e. The predicted octanol–water partition coefficient (Wildman–Crippen LogP) is 6.06. The molecule has 0 aliphatic rings. The van der Waals surface area contributed by atoms with Crippen LogP contribution in [0.3, 0.4) is 0 Å². The number of hydrogen-bond acceptors (Lipinski definition) is 1. The molecule has 0 N–H and O–H groups in total. The molecule has 0 saturated carbocycles. The Balaban J connectivity index is 2.24. The summed E-state index contributed by atoms with van der Waals surface area (Å²) in [4.78, 5) is 4.57. The van der Waals surface area contributed by atoms with Gasteiger partial charge in [-0.3, -0.25) is 4.57 Å². The van der Waals surface area contributed by atoms with E-state index in [1.165, 1.54) is 16.7 Å². The fourth-order valence-electron chi connectivity index (χ4n) is 3.56.